The fraction of sp³-hybridized carbons (Fsp3) is 0.364. The van der Waals surface area contributed by atoms with Gasteiger partial charge in [-0.15, -0.1) is 0 Å². The predicted molar refractivity (Wildman–Crippen MR) is 160 cm³/mol. The van der Waals surface area contributed by atoms with Crippen LogP contribution >= 0.6 is 0 Å². The van der Waals surface area contributed by atoms with Crippen molar-refractivity contribution in [2.75, 3.05) is 13.7 Å². The zero-order chi connectivity index (χ0) is 29.3. The lowest BCUT2D eigenvalue weighted by molar-refractivity contribution is -0.148. The van der Waals surface area contributed by atoms with E-state index in [4.69, 9.17) is 9.47 Å². The summed E-state index contributed by atoms with van der Waals surface area (Å²) in [6, 6.07) is 5.09. The Morgan fingerprint density at radius 1 is 0.800 bits per heavy atom. The minimum Gasteiger partial charge on any atom is -0.496 e. The van der Waals surface area contributed by atoms with Gasteiger partial charge in [-0.3, -0.25) is 9.59 Å². The number of carbonyl (C=O) groups excluding carboxylic acids is 2. The highest BCUT2D eigenvalue weighted by atomic mass is 16.5. The maximum Gasteiger partial charge on any atom is 0.329 e. The number of hydrogen-bond acceptors (Lipinski definition) is 5. The molecule has 0 bridgehead atoms. The van der Waals surface area contributed by atoms with E-state index in [9.17, 15) is 19.5 Å². The topological polar surface area (TPSA) is 102 Å². The van der Waals surface area contributed by atoms with Crippen LogP contribution in [0.15, 0.2) is 97.2 Å². The summed E-state index contributed by atoms with van der Waals surface area (Å²) < 4.78 is 10.2. The van der Waals surface area contributed by atoms with Gasteiger partial charge in [0.1, 0.15) is 12.4 Å². The lowest BCUT2D eigenvalue weighted by Gasteiger charge is -2.16. The molecule has 0 heterocycles. The summed E-state index contributed by atoms with van der Waals surface area (Å²) in [7, 11) is 1.42. The predicted octanol–water partition coefficient (Wildman–Crippen LogP) is 6.90. The number of carboxylic acid groups (broad SMARTS) is 1. The van der Waals surface area contributed by atoms with E-state index in [1.807, 2.05) is 12.2 Å². The highest BCUT2D eigenvalue weighted by Gasteiger charge is 2.23. The van der Waals surface area contributed by atoms with Gasteiger partial charge >= 0.3 is 11.9 Å². The first kappa shape index (κ1) is 33.9. The van der Waals surface area contributed by atoms with Gasteiger partial charge < -0.3 is 19.9 Å². The molecule has 1 aromatic carbocycles. The van der Waals surface area contributed by atoms with Crippen molar-refractivity contribution in [3.05, 3.63) is 103 Å². The maximum absolute atomic E-state index is 12.4. The first-order valence-corrected chi connectivity index (χ1v) is 13.7. The number of hydrogen-bond donors (Lipinski definition) is 2. The highest BCUT2D eigenvalue weighted by molar-refractivity contribution is 5.99. The van der Waals surface area contributed by atoms with Crippen molar-refractivity contribution in [3.8, 4) is 5.75 Å². The molecule has 216 valence electrons. The SMILES string of the molecule is CC/C=C\C/C=C\C/C=C\C/C=C\C/C=C\C/C=C\CCC(=O)OCC(NC(=O)c1ccccc1OC)C(=O)O. The van der Waals surface area contributed by atoms with Crippen LogP contribution in [0.5, 0.6) is 5.75 Å². The Balaban J connectivity index is 2.19. The van der Waals surface area contributed by atoms with Gasteiger partial charge in [-0.05, 0) is 57.1 Å². The molecule has 0 aliphatic heterocycles. The number of carboxylic acids is 1. The molecule has 0 spiro atoms. The molecule has 1 unspecified atom stereocenters. The first-order chi connectivity index (χ1) is 19.5. The molecule has 1 aromatic rings. The van der Waals surface area contributed by atoms with Crippen LogP contribution in [0.25, 0.3) is 0 Å². The number of aliphatic carboxylic acids is 1. The van der Waals surface area contributed by atoms with Crippen LogP contribution in [0.2, 0.25) is 0 Å². The van der Waals surface area contributed by atoms with Gasteiger partial charge in [-0.25, -0.2) is 4.79 Å². The van der Waals surface area contributed by atoms with Gasteiger partial charge in [0, 0.05) is 6.42 Å². The van der Waals surface area contributed by atoms with Crippen LogP contribution in [-0.2, 0) is 14.3 Å². The van der Waals surface area contributed by atoms with Crippen molar-refractivity contribution < 1.29 is 29.0 Å². The number of esters is 1. The summed E-state index contributed by atoms with van der Waals surface area (Å²) in [5, 5.41) is 11.7. The normalized spacial score (nSPS) is 12.8. The van der Waals surface area contributed by atoms with Crippen molar-refractivity contribution in [3.63, 3.8) is 0 Å². The zero-order valence-electron chi connectivity index (χ0n) is 23.7. The molecule has 0 aliphatic rings. The smallest absolute Gasteiger partial charge is 0.329 e. The minimum absolute atomic E-state index is 0.120. The third kappa shape index (κ3) is 16.7. The van der Waals surface area contributed by atoms with E-state index in [0.717, 1.165) is 38.5 Å². The molecule has 0 aliphatic carbocycles. The van der Waals surface area contributed by atoms with Crippen LogP contribution in [0.1, 0.15) is 68.6 Å². The van der Waals surface area contributed by atoms with Crippen LogP contribution in [0, 0.1) is 0 Å². The molecule has 7 nitrogen and oxygen atoms in total. The molecule has 1 rings (SSSR count). The van der Waals surface area contributed by atoms with Crippen molar-refractivity contribution in [2.24, 2.45) is 0 Å². The average molecular weight is 550 g/mol. The molecule has 2 N–H and O–H groups in total. The molecular formula is C33H43NO6. The van der Waals surface area contributed by atoms with Gasteiger partial charge in [0.15, 0.2) is 6.04 Å². The summed E-state index contributed by atoms with van der Waals surface area (Å²) in [4.78, 5) is 35.9. The zero-order valence-corrected chi connectivity index (χ0v) is 23.7. The highest BCUT2D eigenvalue weighted by Crippen LogP contribution is 2.17. The molecule has 0 aromatic heterocycles. The van der Waals surface area contributed by atoms with Crippen molar-refractivity contribution in [1.29, 1.82) is 0 Å². The molecular weight excluding hydrogens is 506 g/mol. The minimum atomic E-state index is -1.37. The number of rotatable bonds is 20. The van der Waals surface area contributed by atoms with E-state index in [1.54, 1.807) is 18.2 Å². The monoisotopic (exact) mass is 549 g/mol. The van der Waals surface area contributed by atoms with Gasteiger partial charge in [-0.1, -0.05) is 92.0 Å². The molecule has 1 amide bonds. The lowest BCUT2D eigenvalue weighted by atomic mass is 10.1. The van der Waals surface area contributed by atoms with Crippen LogP contribution in [0.3, 0.4) is 0 Å². The number of nitrogens with one attached hydrogen (secondary N) is 1. The third-order valence-corrected chi connectivity index (χ3v) is 5.48. The molecule has 1 atom stereocenters. The fourth-order valence-electron chi connectivity index (χ4n) is 3.33. The van der Waals surface area contributed by atoms with Gasteiger partial charge in [0.25, 0.3) is 5.91 Å². The number of methoxy groups -OCH3 is 1. The maximum atomic E-state index is 12.4. The summed E-state index contributed by atoms with van der Waals surface area (Å²) in [6.45, 7) is 1.68. The average Bonchev–Trinajstić information content (AvgIpc) is 2.96. The van der Waals surface area contributed by atoms with Crippen LogP contribution in [-0.4, -0.2) is 42.7 Å². The largest absolute Gasteiger partial charge is 0.496 e. The number of amides is 1. The van der Waals surface area contributed by atoms with E-state index >= 15 is 0 Å². The van der Waals surface area contributed by atoms with E-state index in [1.165, 1.54) is 13.2 Å². The van der Waals surface area contributed by atoms with E-state index in [2.05, 4.69) is 73.0 Å². The number of carbonyl (C=O) groups is 3. The Morgan fingerprint density at radius 3 is 1.80 bits per heavy atom. The van der Waals surface area contributed by atoms with Crippen molar-refractivity contribution in [2.45, 2.75) is 64.3 Å². The standard InChI is InChI=1S/C33H43NO6/c1-3-4-5-6-7-8-9-10-11-12-13-14-15-16-17-18-19-20-21-26-31(35)40-27-29(33(37)38)34-32(36)28-24-22-23-25-30(28)39-2/h4-5,7-8,10-11,13-14,16-17,19-20,22-25,29H,3,6,9,12,15,18,21,26-27H2,1-2H3,(H,34,36)(H,37,38)/b5-4-,8-7-,11-10-,14-13-,17-16-,20-19-. The number of allylic oxidation sites excluding steroid dienone is 12. The van der Waals surface area contributed by atoms with Crippen LogP contribution < -0.4 is 10.1 Å². The Hall–Kier alpha value is -4.13. The van der Waals surface area contributed by atoms with Crippen molar-refractivity contribution in [1.82, 2.24) is 5.32 Å². The van der Waals surface area contributed by atoms with E-state index in [-0.39, 0.29) is 12.0 Å². The summed E-state index contributed by atoms with van der Waals surface area (Å²) in [5.74, 6) is -2.14. The van der Waals surface area contributed by atoms with Gasteiger partial charge in [0.2, 0.25) is 0 Å². The second-order valence-electron chi connectivity index (χ2n) is 8.70. The van der Waals surface area contributed by atoms with E-state index in [0.29, 0.717) is 12.2 Å². The molecule has 0 saturated heterocycles. The van der Waals surface area contributed by atoms with Crippen LogP contribution in [0.4, 0.5) is 0 Å². The number of ether oxygens (including phenoxy) is 2. The molecule has 7 heteroatoms. The Morgan fingerprint density at radius 2 is 1.30 bits per heavy atom. The second kappa shape index (κ2) is 22.8. The molecule has 40 heavy (non-hydrogen) atoms. The number of para-hydroxylation sites is 1. The fourth-order valence-corrected chi connectivity index (χ4v) is 3.33. The third-order valence-electron chi connectivity index (χ3n) is 5.48. The quantitative estimate of drug-likeness (QED) is 0.136. The summed E-state index contributed by atoms with van der Waals surface area (Å²) in [6.07, 6.45) is 31.6. The molecule has 0 saturated carbocycles. The Kier molecular flexibility index (Phi) is 19.3. The molecule has 0 radical (unpaired) electrons. The summed E-state index contributed by atoms with van der Waals surface area (Å²) in [5.41, 5.74) is 0.195. The number of benzene rings is 1. The second-order valence-corrected chi connectivity index (χ2v) is 8.70. The Labute approximate surface area is 238 Å². The van der Waals surface area contributed by atoms with E-state index < -0.39 is 30.5 Å². The summed E-state index contributed by atoms with van der Waals surface area (Å²) >= 11 is 0. The van der Waals surface area contributed by atoms with Gasteiger partial charge in [-0.2, -0.15) is 0 Å². The van der Waals surface area contributed by atoms with Crippen molar-refractivity contribution >= 4 is 17.8 Å². The molecule has 0 fully saturated rings. The Bertz CT molecular complexity index is 1060. The first-order valence-electron chi connectivity index (χ1n) is 13.7. The lowest BCUT2D eigenvalue weighted by Crippen LogP contribution is -2.44. The van der Waals surface area contributed by atoms with Gasteiger partial charge in [0.05, 0.1) is 12.7 Å².